The fraction of sp³-hybridized carbons (Fsp3) is 0.923. The Labute approximate surface area is 99.9 Å². The molecular formula is C13H27NO2. The number of carbonyl (C=O) groups excluding carboxylic acids is 1. The third-order valence-electron chi connectivity index (χ3n) is 2.64. The highest BCUT2D eigenvalue weighted by atomic mass is 16.6. The van der Waals surface area contributed by atoms with Crippen molar-refractivity contribution >= 4 is 6.09 Å². The maximum atomic E-state index is 11.3. The number of carbonyl (C=O) groups is 1. The van der Waals surface area contributed by atoms with Crippen LogP contribution < -0.4 is 5.32 Å². The first-order chi connectivity index (χ1) is 7.22. The predicted molar refractivity (Wildman–Crippen MR) is 67.5 cm³/mol. The fourth-order valence-electron chi connectivity index (χ4n) is 1.26. The molecule has 0 saturated carbocycles. The summed E-state index contributed by atoms with van der Waals surface area (Å²) in [6, 6.07) is 0. The van der Waals surface area contributed by atoms with Gasteiger partial charge in [-0.1, -0.05) is 20.8 Å². The van der Waals surface area contributed by atoms with Crippen LogP contribution in [0.4, 0.5) is 4.79 Å². The highest BCUT2D eigenvalue weighted by Gasteiger charge is 2.15. The fourth-order valence-corrected chi connectivity index (χ4v) is 1.26. The second-order valence-corrected chi connectivity index (χ2v) is 5.79. The van der Waals surface area contributed by atoms with Crippen molar-refractivity contribution in [2.24, 2.45) is 11.8 Å². The van der Waals surface area contributed by atoms with Crippen molar-refractivity contribution in [2.75, 3.05) is 6.54 Å². The molecule has 1 amide bonds. The molecule has 0 radical (unpaired) electrons. The Morgan fingerprint density at radius 3 is 2.25 bits per heavy atom. The van der Waals surface area contributed by atoms with E-state index in [2.05, 4.69) is 26.1 Å². The predicted octanol–water partition coefficient (Wildman–Crippen LogP) is 3.58. The summed E-state index contributed by atoms with van der Waals surface area (Å²) in [6.07, 6.45) is 1.84. The smallest absolute Gasteiger partial charge is 0.407 e. The van der Waals surface area contributed by atoms with Gasteiger partial charge in [-0.15, -0.1) is 0 Å². The SMILES string of the molecule is CC(C)C(C)CCCNC(=O)OC(C)(C)C. The molecule has 0 aromatic heterocycles. The molecule has 1 unspecified atom stereocenters. The van der Waals surface area contributed by atoms with E-state index in [0.29, 0.717) is 18.4 Å². The lowest BCUT2D eigenvalue weighted by molar-refractivity contribution is 0.0526. The Morgan fingerprint density at radius 1 is 1.25 bits per heavy atom. The third kappa shape index (κ3) is 8.57. The molecule has 3 nitrogen and oxygen atoms in total. The van der Waals surface area contributed by atoms with E-state index in [1.807, 2.05) is 20.8 Å². The van der Waals surface area contributed by atoms with Crippen molar-refractivity contribution in [3.05, 3.63) is 0 Å². The van der Waals surface area contributed by atoms with Gasteiger partial charge in [-0.05, 0) is 45.4 Å². The molecule has 0 spiro atoms. The molecule has 0 aliphatic rings. The highest BCUT2D eigenvalue weighted by molar-refractivity contribution is 5.67. The van der Waals surface area contributed by atoms with E-state index in [1.165, 1.54) is 0 Å². The molecule has 0 heterocycles. The Kier molecular flexibility index (Phi) is 6.46. The summed E-state index contributed by atoms with van der Waals surface area (Å²) in [5.74, 6) is 1.42. The van der Waals surface area contributed by atoms with Crippen molar-refractivity contribution in [3.8, 4) is 0 Å². The number of nitrogens with one attached hydrogen (secondary N) is 1. The molecule has 96 valence electrons. The minimum atomic E-state index is -0.407. The standard InChI is InChI=1S/C13H27NO2/c1-10(2)11(3)8-7-9-14-12(15)16-13(4,5)6/h10-11H,7-9H2,1-6H3,(H,14,15). The third-order valence-corrected chi connectivity index (χ3v) is 2.64. The van der Waals surface area contributed by atoms with Crippen LogP contribution in [0.5, 0.6) is 0 Å². The van der Waals surface area contributed by atoms with E-state index in [0.717, 1.165) is 12.8 Å². The number of hydrogen-bond donors (Lipinski definition) is 1. The number of rotatable bonds is 5. The molecule has 1 N–H and O–H groups in total. The van der Waals surface area contributed by atoms with Gasteiger partial charge in [0.25, 0.3) is 0 Å². The van der Waals surface area contributed by atoms with Crippen LogP contribution in [0.25, 0.3) is 0 Å². The monoisotopic (exact) mass is 229 g/mol. The molecule has 0 bridgehead atoms. The van der Waals surface area contributed by atoms with Gasteiger partial charge in [-0.3, -0.25) is 0 Å². The first kappa shape index (κ1) is 15.3. The van der Waals surface area contributed by atoms with Crippen molar-refractivity contribution in [2.45, 2.75) is 60.0 Å². The topological polar surface area (TPSA) is 38.3 Å². The Balaban J connectivity index is 3.56. The summed E-state index contributed by atoms with van der Waals surface area (Å²) in [6.45, 7) is 13.0. The average Bonchev–Trinajstić information content (AvgIpc) is 2.08. The van der Waals surface area contributed by atoms with E-state index in [4.69, 9.17) is 4.74 Å². The maximum Gasteiger partial charge on any atom is 0.407 e. The molecule has 16 heavy (non-hydrogen) atoms. The lowest BCUT2D eigenvalue weighted by atomic mass is 9.93. The molecule has 0 saturated heterocycles. The summed E-state index contributed by atoms with van der Waals surface area (Å²) < 4.78 is 5.14. The number of hydrogen-bond acceptors (Lipinski definition) is 2. The Morgan fingerprint density at radius 2 is 1.81 bits per heavy atom. The summed E-state index contributed by atoms with van der Waals surface area (Å²) in [4.78, 5) is 11.3. The molecule has 0 fully saturated rings. The summed E-state index contributed by atoms with van der Waals surface area (Å²) >= 11 is 0. The summed E-state index contributed by atoms with van der Waals surface area (Å²) in [7, 11) is 0. The molecule has 0 rings (SSSR count). The van der Waals surface area contributed by atoms with Crippen molar-refractivity contribution in [1.29, 1.82) is 0 Å². The van der Waals surface area contributed by atoms with E-state index < -0.39 is 5.60 Å². The van der Waals surface area contributed by atoms with Crippen LogP contribution in [0.2, 0.25) is 0 Å². The zero-order valence-electron chi connectivity index (χ0n) is 11.6. The molecule has 0 aliphatic carbocycles. The van der Waals surface area contributed by atoms with Gasteiger partial charge in [0.15, 0.2) is 0 Å². The number of alkyl carbamates (subject to hydrolysis) is 1. The second kappa shape index (κ2) is 6.77. The van der Waals surface area contributed by atoms with Crippen LogP contribution in [0.3, 0.4) is 0 Å². The molecule has 1 atom stereocenters. The zero-order chi connectivity index (χ0) is 12.8. The van der Waals surface area contributed by atoms with Gasteiger partial charge < -0.3 is 10.1 Å². The lowest BCUT2D eigenvalue weighted by Gasteiger charge is -2.20. The first-order valence-corrected chi connectivity index (χ1v) is 6.19. The van der Waals surface area contributed by atoms with Gasteiger partial charge in [0.05, 0.1) is 0 Å². The van der Waals surface area contributed by atoms with Crippen LogP contribution in [-0.2, 0) is 4.74 Å². The van der Waals surface area contributed by atoms with Crippen molar-refractivity contribution in [1.82, 2.24) is 5.32 Å². The Bertz CT molecular complexity index is 206. The number of ether oxygens (including phenoxy) is 1. The average molecular weight is 229 g/mol. The van der Waals surface area contributed by atoms with E-state index in [9.17, 15) is 4.79 Å². The number of amides is 1. The molecule has 0 aromatic rings. The van der Waals surface area contributed by atoms with Gasteiger partial charge in [-0.25, -0.2) is 4.79 Å². The highest BCUT2D eigenvalue weighted by Crippen LogP contribution is 2.15. The van der Waals surface area contributed by atoms with E-state index >= 15 is 0 Å². The largest absolute Gasteiger partial charge is 0.444 e. The molecular weight excluding hydrogens is 202 g/mol. The normalized spacial score (nSPS) is 13.7. The zero-order valence-corrected chi connectivity index (χ0v) is 11.6. The van der Waals surface area contributed by atoms with Crippen LogP contribution in [0.1, 0.15) is 54.4 Å². The van der Waals surface area contributed by atoms with Gasteiger partial charge in [0, 0.05) is 6.54 Å². The van der Waals surface area contributed by atoms with Gasteiger partial charge in [-0.2, -0.15) is 0 Å². The summed E-state index contributed by atoms with van der Waals surface area (Å²) in [5.41, 5.74) is -0.407. The van der Waals surface area contributed by atoms with E-state index in [1.54, 1.807) is 0 Å². The minimum Gasteiger partial charge on any atom is -0.444 e. The lowest BCUT2D eigenvalue weighted by Crippen LogP contribution is -2.33. The van der Waals surface area contributed by atoms with Crippen molar-refractivity contribution < 1.29 is 9.53 Å². The quantitative estimate of drug-likeness (QED) is 0.732. The second-order valence-electron chi connectivity index (χ2n) is 5.79. The Hall–Kier alpha value is -0.730. The van der Waals surface area contributed by atoms with Crippen LogP contribution >= 0.6 is 0 Å². The van der Waals surface area contributed by atoms with Gasteiger partial charge >= 0.3 is 6.09 Å². The van der Waals surface area contributed by atoms with Crippen LogP contribution in [0, 0.1) is 11.8 Å². The van der Waals surface area contributed by atoms with Crippen molar-refractivity contribution in [3.63, 3.8) is 0 Å². The summed E-state index contributed by atoms with van der Waals surface area (Å²) in [5, 5.41) is 2.77. The minimum absolute atomic E-state index is 0.315. The van der Waals surface area contributed by atoms with Crippen LogP contribution in [0.15, 0.2) is 0 Å². The van der Waals surface area contributed by atoms with E-state index in [-0.39, 0.29) is 6.09 Å². The van der Waals surface area contributed by atoms with Crippen LogP contribution in [-0.4, -0.2) is 18.2 Å². The van der Waals surface area contributed by atoms with Gasteiger partial charge in [0.1, 0.15) is 5.60 Å². The molecule has 3 heteroatoms. The molecule has 0 aromatic carbocycles. The van der Waals surface area contributed by atoms with Gasteiger partial charge in [0.2, 0.25) is 0 Å². The first-order valence-electron chi connectivity index (χ1n) is 6.19. The maximum absolute atomic E-state index is 11.3. The molecule has 0 aliphatic heterocycles.